The van der Waals surface area contributed by atoms with Gasteiger partial charge in [0, 0.05) is 6.04 Å². The van der Waals surface area contributed by atoms with Gasteiger partial charge in [0.05, 0.1) is 6.61 Å². The second-order valence-corrected chi connectivity index (χ2v) is 4.74. The van der Waals surface area contributed by atoms with Crippen molar-refractivity contribution < 1.29 is 17.9 Å². The Labute approximate surface area is 112 Å². The lowest BCUT2D eigenvalue weighted by molar-refractivity contribution is -0.175. The zero-order chi connectivity index (χ0) is 14.5. The highest BCUT2D eigenvalue weighted by Crippen LogP contribution is 2.15. The maximum atomic E-state index is 12.0. The van der Waals surface area contributed by atoms with Crippen LogP contribution in [0.25, 0.3) is 0 Å². The lowest BCUT2D eigenvalue weighted by Gasteiger charge is -2.17. The van der Waals surface area contributed by atoms with E-state index in [1.54, 1.807) is 7.05 Å². The van der Waals surface area contributed by atoms with E-state index in [-0.39, 0.29) is 12.6 Å². The SMILES string of the molecule is CNC(COCC(F)(F)F)Cc1ccc(C)c(C)c1. The fourth-order valence-corrected chi connectivity index (χ4v) is 1.78. The van der Waals surface area contributed by atoms with Gasteiger partial charge in [-0.1, -0.05) is 18.2 Å². The van der Waals surface area contributed by atoms with Gasteiger partial charge in [-0.2, -0.15) is 13.2 Å². The Morgan fingerprint density at radius 2 is 1.89 bits per heavy atom. The lowest BCUT2D eigenvalue weighted by Crippen LogP contribution is -2.34. The molecule has 0 aliphatic rings. The van der Waals surface area contributed by atoms with Crippen LogP contribution in [-0.4, -0.2) is 32.5 Å². The molecule has 1 N–H and O–H groups in total. The van der Waals surface area contributed by atoms with Gasteiger partial charge in [-0.05, 0) is 44.0 Å². The maximum Gasteiger partial charge on any atom is 0.411 e. The molecule has 1 atom stereocenters. The smallest absolute Gasteiger partial charge is 0.370 e. The number of likely N-dealkylation sites (N-methyl/N-ethyl adjacent to an activating group) is 1. The standard InChI is InChI=1S/C14H20F3NO/c1-10-4-5-12(6-11(10)2)7-13(18-3)8-19-9-14(15,16)17/h4-6,13,18H,7-9H2,1-3H3. The monoisotopic (exact) mass is 275 g/mol. The molecule has 1 unspecified atom stereocenters. The minimum absolute atomic E-state index is 0.0446. The highest BCUT2D eigenvalue weighted by atomic mass is 19.4. The highest BCUT2D eigenvalue weighted by molar-refractivity contribution is 5.30. The van der Waals surface area contributed by atoms with Crippen LogP contribution in [0, 0.1) is 13.8 Å². The largest absolute Gasteiger partial charge is 0.411 e. The summed E-state index contributed by atoms with van der Waals surface area (Å²) in [7, 11) is 1.72. The van der Waals surface area contributed by atoms with E-state index in [0.717, 1.165) is 5.56 Å². The summed E-state index contributed by atoms with van der Waals surface area (Å²) in [5.74, 6) is 0. The van der Waals surface area contributed by atoms with Crippen LogP contribution < -0.4 is 5.32 Å². The molecular formula is C14H20F3NO. The van der Waals surface area contributed by atoms with E-state index < -0.39 is 12.8 Å². The van der Waals surface area contributed by atoms with E-state index in [1.807, 2.05) is 26.0 Å². The van der Waals surface area contributed by atoms with Crippen molar-refractivity contribution in [3.8, 4) is 0 Å². The van der Waals surface area contributed by atoms with Gasteiger partial charge in [0.25, 0.3) is 0 Å². The number of ether oxygens (including phenoxy) is 1. The van der Waals surface area contributed by atoms with Crippen LogP contribution in [0.2, 0.25) is 0 Å². The van der Waals surface area contributed by atoms with Crippen molar-refractivity contribution in [1.29, 1.82) is 0 Å². The molecule has 1 rings (SSSR count). The number of aryl methyl sites for hydroxylation is 2. The van der Waals surface area contributed by atoms with Crippen molar-refractivity contribution >= 4 is 0 Å². The molecule has 0 radical (unpaired) electrons. The molecular weight excluding hydrogens is 255 g/mol. The normalized spacial score (nSPS) is 13.6. The summed E-state index contributed by atoms with van der Waals surface area (Å²) in [6, 6.07) is 5.96. The number of rotatable bonds is 6. The molecule has 0 heterocycles. The third-order valence-corrected chi connectivity index (χ3v) is 3.05. The fraction of sp³-hybridized carbons (Fsp3) is 0.571. The predicted molar refractivity (Wildman–Crippen MR) is 69.3 cm³/mol. The summed E-state index contributed by atoms with van der Waals surface area (Å²) in [6.07, 6.45) is -3.62. The molecule has 5 heteroatoms. The first-order valence-electron chi connectivity index (χ1n) is 6.19. The van der Waals surface area contributed by atoms with E-state index in [4.69, 9.17) is 0 Å². The van der Waals surface area contributed by atoms with E-state index in [1.165, 1.54) is 11.1 Å². The summed E-state index contributed by atoms with van der Waals surface area (Å²) in [5, 5.41) is 2.98. The Morgan fingerprint density at radius 3 is 2.42 bits per heavy atom. The Morgan fingerprint density at radius 1 is 1.21 bits per heavy atom. The van der Waals surface area contributed by atoms with Gasteiger partial charge < -0.3 is 10.1 Å². The van der Waals surface area contributed by atoms with E-state index in [9.17, 15) is 13.2 Å². The molecule has 19 heavy (non-hydrogen) atoms. The van der Waals surface area contributed by atoms with E-state index >= 15 is 0 Å². The van der Waals surface area contributed by atoms with Crippen molar-refractivity contribution in [3.63, 3.8) is 0 Å². The molecule has 0 aliphatic heterocycles. The van der Waals surface area contributed by atoms with Crippen molar-refractivity contribution in [3.05, 3.63) is 34.9 Å². The number of alkyl halides is 3. The molecule has 1 aromatic rings. The third kappa shape index (κ3) is 6.07. The highest BCUT2D eigenvalue weighted by Gasteiger charge is 2.27. The van der Waals surface area contributed by atoms with Gasteiger partial charge in [0.1, 0.15) is 6.61 Å². The Bertz CT molecular complexity index is 404. The van der Waals surface area contributed by atoms with Crippen molar-refractivity contribution in [2.24, 2.45) is 0 Å². The number of benzene rings is 1. The van der Waals surface area contributed by atoms with Crippen LogP contribution in [0.15, 0.2) is 18.2 Å². The van der Waals surface area contributed by atoms with Crippen LogP contribution in [0.4, 0.5) is 13.2 Å². The first-order valence-corrected chi connectivity index (χ1v) is 6.19. The molecule has 0 bridgehead atoms. The van der Waals surface area contributed by atoms with Gasteiger partial charge in [-0.25, -0.2) is 0 Å². The van der Waals surface area contributed by atoms with Gasteiger partial charge in [0.15, 0.2) is 0 Å². The second kappa shape index (κ2) is 6.91. The zero-order valence-electron chi connectivity index (χ0n) is 11.5. The molecule has 0 spiro atoms. The van der Waals surface area contributed by atoms with Gasteiger partial charge in [-0.15, -0.1) is 0 Å². The first-order chi connectivity index (χ1) is 8.81. The Hall–Kier alpha value is -1.07. The topological polar surface area (TPSA) is 21.3 Å². The maximum absolute atomic E-state index is 12.0. The molecule has 0 aliphatic carbocycles. The molecule has 0 amide bonds. The summed E-state index contributed by atoms with van der Waals surface area (Å²) >= 11 is 0. The van der Waals surface area contributed by atoms with Gasteiger partial charge in [-0.3, -0.25) is 0 Å². The molecule has 2 nitrogen and oxygen atoms in total. The Kier molecular flexibility index (Phi) is 5.82. The van der Waals surface area contributed by atoms with Gasteiger partial charge in [0.2, 0.25) is 0 Å². The average molecular weight is 275 g/mol. The number of hydrogen-bond donors (Lipinski definition) is 1. The summed E-state index contributed by atoms with van der Waals surface area (Å²) < 4.78 is 40.7. The summed E-state index contributed by atoms with van der Waals surface area (Å²) in [4.78, 5) is 0. The minimum Gasteiger partial charge on any atom is -0.370 e. The van der Waals surface area contributed by atoms with Crippen LogP contribution in [-0.2, 0) is 11.2 Å². The fourth-order valence-electron chi connectivity index (χ4n) is 1.78. The number of nitrogens with one attached hydrogen (secondary N) is 1. The molecule has 0 saturated heterocycles. The molecule has 1 aromatic carbocycles. The Balaban J connectivity index is 2.49. The van der Waals surface area contributed by atoms with Crippen molar-refractivity contribution in [2.75, 3.05) is 20.3 Å². The number of halogens is 3. The van der Waals surface area contributed by atoms with Crippen LogP contribution in [0.1, 0.15) is 16.7 Å². The van der Waals surface area contributed by atoms with Crippen LogP contribution >= 0.6 is 0 Å². The quantitative estimate of drug-likeness (QED) is 0.861. The lowest BCUT2D eigenvalue weighted by atomic mass is 10.0. The number of hydrogen-bond acceptors (Lipinski definition) is 2. The van der Waals surface area contributed by atoms with E-state index in [0.29, 0.717) is 6.42 Å². The summed E-state index contributed by atoms with van der Waals surface area (Å²) in [6.45, 7) is 2.90. The molecule has 0 fully saturated rings. The predicted octanol–water partition coefficient (Wildman–Crippen LogP) is 3.01. The zero-order valence-corrected chi connectivity index (χ0v) is 11.5. The van der Waals surface area contributed by atoms with Crippen molar-refractivity contribution in [2.45, 2.75) is 32.5 Å². The average Bonchev–Trinajstić information content (AvgIpc) is 2.31. The molecule has 108 valence electrons. The first kappa shape index (κ1) is 16.0. The second-order valence-electron chi connectivity index (χ2n) is 4.74. The van der Waals surface area contributed by atoms with Gasteiger partial charge >= 0.3 is 6.18 Å². The third-order valence-electron chi connectivity index (χ3n) is 3.05. The minimum atomic E-state index is -4.27. The molecule has 0 aromatic heterocycles. The van der Waals surface area contributed by atoms with Crippen molar-refractivity contribution in [1.82, 2.24) is 5.32 Å². The van der Waals surface area contributed by atoms with Crippen LogP contribution in [0.3, 0.4) is 0 Å². The van der Waals surface area contributed by atoms with Crippen LogP contribution in [0.5, 0.6) is 0 Å². The van der Waals surface area contributed by atoms with E-state index in [2.05, 4.69) is 16.1 Å². The summed E-state index contributed by atoms with van der Waals surface area (Å²) in [5.41, 5.74) is 3.49. The molecule has 0 saturated carbocycles.